The van der Waals surface area contributed by atoms with Gasteiger partial charge in [0.05, 0.1) is 10.7 Å². The number of amides is 1. The lowest BCUT2D eigenvalue weighted by molar-refractivity contribution is -0.129. The first-order chi connectivity index (χ1) is 11.1. The molecular weight excluding hydrogens is 314 g/mol. The standard InChI is InChI=1S/C16H18ClN5O/c1-12(23)21-8-10-22(11-9-21)15-6-7-18-16(20-15)19-14-5-3-2-4-13(14)17/h2-7H,8-11H2,1H3,(H,18,19,20). The zero-order valence-electron chi connectivity index (χ0n) is 12.9. The van der Waals surface area contributed by atoms with E-state index in [0.717, 1.165) is 24.6 Å². The van der Waals surface area contributed by atoms with Gasteiger partial charge < -0.3 is 15.1 Å². The number of para-hydroxylation sites is 1. The van der Waals surface area contributed by atoms with Crippen LogP contribution in [0.2, 0.25) is 5.02 Å². The maximum absolute atomic E-state index is 11.4. The zero-order valence-corrected chi connectivity index (χ0v) is 13.6. The first-order valence-corrected chi connectivity index (χ1v) is 7.86. The molecule has 2 heterocycles. The second kappa shape index (κ2) is 6.83. The van der Waals surface area contributed by atoms with Crippen LogP contribution in [0, 0.1) is 0 Å². The second-order valence-corrected chi connectivity index (χ2v) is 5.74. The number of carbonyl (C=O) groups is 1. The van der Waals surface area contributed by atoms with Crippen molar-refractivity contribution in [1.29, 1.82) is 0 Å². The second-order valence-electron chi connectivity index (χ2n) is 5.34. The van der Waals surface area contributed by atoms with E-state index in [4.69, 9.17) is 11.6 Å². The smallest absolute Gasteiger partial charge is 0.229 e. The lowest BCUT2D eigenvalue weighted by Crippen LogP contribution is -2.48. The van der Waals surface area contributed by atoms with Gasteiger partial charge >= 0.3 is 0 Å². The lowest BCUT2D eigenvalue weighted by Gasteiger charge is -2.34. The Morgan fingerprint density at radius 2 is 1.91 bits per heavy atom. The predicted octanol–water partition coefficient (Wildman–Crippen LogP) is 2.54. The Labute approximate surface area is 140 Å². The van der Waals surface area contributed by atoms with Crippen molar-refractivity contribution in [3.05, 3.63) is 41.6 Å². The topological polar surface area (TPSA) is 61.4 Å². The van der Waals surface area contributed by atoms with Crippen LogP contribution in [0.4, 0.5) is 17.5 Å². The summed E-state index contributed by atoms with van der Waals surface area (Å²) in [5.41, 5.74) is 0.771. The molecule has 23 heavy (non-hydrogen) atoms. The van der Waals surface area contributed by atoms with E-state index in [9.17, 15) is 4.79 Å². The van der Waals surface area contributed by atoms with Crippen molar-refractivity contribution in [1.82, 2.24) is 14.9 Å². The Hall–Kier alpha value is -2.34. The molecule has 0 bridgehead atoms. The van der Waals surface area contributed by atoms with Crippen LogP contribution in [0.25, 0.3) is 0 Å². The van der Waals surface area contributed by atoms with Crippen LogP contribution in [-0.2, 0) is 4.79 Å². The van der Waals surface area contributed by atoms with Crippen LogP contribution in [-0.4, -0.2) is 47.0 Å². The van der Waals surface area contributed by atoms with Gasteiger partial charge in [0.1, 0.15) is 5.82 Å². The summed E-state index contributed by atoms with van der Waals surface area (Å²) in [4.78, 5) is 24.2. The van der Waals surface area contributed by atoms with Gasteiger partial charge in [-0.2, -0.15) is 4.98 Å². The summed E-state index contributed by atoms with van der Waals surface area (Å²) in [6.45, 7) is 4.56. The summed E-state index contributed by atoms with van der Waals surface area (Å²) in [5, 5.41) is 3.76. The highest BCUT2D eigenvalue weighted by Gasteiger charge is 2.19. The fourth-order valence-corrected chi connectivity index (χ4v) is 2.70. The molecule has 0 radical (unpaired) electrons. The van der Waals surface area contributed by atoms with Gasteiger partial charge in [0, 0.05) is 39.3 Å². The molecule has 1 fully saturated rings. The first kappa shape index (κ1) is 15.6. The summed E-state index contributed by atoms with van der Waals surface area (Å²) < 4.78 is 0. The molecule has 1 aliphatic heterocycles. The summed E-state index contributed by atoms with van der Waals surface area (Å²) in [7, 11) is 0. The Bertz CT molecular complexity index is 700. The molecule has 1 aliphatic rings. The molecule has 1 saturated heterocycles. The average Bonchev–Trinajstić information content (AvgIpc) is 2.57. The third kappa shape index (κ3) is 3.71. The predicted molar refractivity (Wildman–Crippen MR) is 91.2 cm³/mol. The Kier molecular flexibility index (Phi) is 4.62. The molecule has 2 aromatic rings. The van der Waals surface area contributed by atoms with Gasteiger partial charge in [-0.05, 0) is 18.2 Å². The molecule has 1 aromatic heterocycles. The lowest BCUT2D eigenvalue weighted by atomic mass is 10.3. The van der Waals surface area contributed by atoms with E-state index in [1.54, 1.807) is 13.1 Å². The van der Waals surface area contributed by atoms with Gasteiger partial charge in [0.15, 0.2) is 0 Å². The van der Waals surface area contributed by atoms with Crippen LogP contribution in [0.15, 0.2) is 36.5 Å². The van der Waals surface area contributed by atoms with Crippen LogP contribution >= 0.6 is 11.6 Å². The maximum atomic E-state index is 11.4. The van der Waals surface area contributed by atoms with Gasteiger partial charge in [0.2, 0.25) is 11.9 Å². The van der Waals surface area contributed by atoms with Crippen molar-refractivity contribution < 1.29 is 4.79 Å². The van der Waals surface area contributed by atoms with Crippen LogP contribution < -0.4 is 10.2 Å². The minimum atomic E-state index is 0.119. The number of nitrogens with one attached hydrogen (secondary N) is 1. The van der Waals surface area contributed by atoms with Gasteiger partial charge in [-0.25, -0.2) is 4.98 Å². The van der Waals surface area contributed by atoms with Crippen molar-refractivity contribution in [2.24, 2.45) is 0 Å². The molecule has 3 rings (SSSR count). The first-order valence-electron chi connectivity index (χ1n) is 7.48. The van der Waals surface area contributed by atoms with Crippen molar-refractivity contribution in [3.63, 3.8) is 0 Å². The molecule has 0 saturated carbocycles. The minimum absolute atomic E-state index is 0.119. The molecule has 0 unspecified atom stereocenters. The number of piperazine rings is 1. The van der Waals surface area contributed by atoms with Gasteiger partial charge in [-0.3, -0.25) is 4.79 Å². The number of rotatable bonds is 3. The number of nitrogens with zero attached hydrogens (tertiary/aromatic N) is 4. The molecule has 6 nitrogen and oxygen atoms in total. The number of aromatic nitrogens is 2. The highest BCUT2D eigenvalue weighted by Crippen LogP contribution is 2.24. The molecule has 1 amide bonds. The fraction of sp³-hybridized carbons (Fsp3) is 0.312. The van der Waals surface area contributed by atoms with Crippen LogP contribution in [0.5, 0.6) is 0 Å². The highest BCUT2D eigenvalue weighted by molar-refractivity contribution is 6.33. The molecule has 1 aromatic carbocycles. The van der Waals surface area contributed by atoms with Crippen molar-refractivity contribution in [2.75, 3.05) is 36.4 Å². The zero-order chi connectivity index (χ0) is 16.2. The fourth-order valence-electron chi connectivity index (χ4n) is 2.52. The number of anilines is 3. The number of carbonyl (C=O) groups excluding carboxylic acids is 1. The average molecular weight is 332 g/mol. The minimum Gasteiger partial charge on any atom is -0.353 e. The number of hydrogen-bond acceptors (Lipinski definition) is 5. The van der Waals surface area contributed by atoms with Crippen LogP contribution in [0.3, 0.4) is 0 Å². The molecule has 0 atom stereocenters. The summed E-state index contributed by atoms with van der Waals surface area (Å²) in [6, 6.07) is 9.35. The molecule has 0 spiro atoms. The Morgan fingerprint density at radius 1 is 1.17 bits per heavy atom. The van der Waals surface area contributed by atoms with E-state index in [0.29, 0.717) is 24.1 Å². The molecular formula is C16H18ClN5O. The third-order valence-corrected chi connectivity index (χ3v) is 4.14. The number of hydrogen-bond donors (Lipinski definition) is 1. The SMILES string of the molecule is CC(=O)N1CCN(c2ccnc(Nc3ccccc3Cl)n2)CC1. The largest absolute Gasteiger partial charge is 0.353 e. The van der Waals surface area contributed by atoms with E-state index in [1.807, 2.05) is 35.2 Å². The summed E-state index contributed by atoms with van der Waals surface area (Å²) in [5.74, 6) is 1.47. The summed E-state index contributed by atoms with van der Waals surface area (Å²) >= 11 is 6.14. The Morgan fingerprint density at radius 3 is 2.61 bits per heavy atom. The quantitative estimate of drug-likeness (QED) is 0.936. The normalized spacial score (nSPS) is 14.7. The van der Waals surface area contributed by atoms with Crippen molar-refractivity contribution in [3.8, 4) is 0 Å². The maximum Gasteiger partial charge on any atom is 0.229 e. The number of benzene rings is 1. The van der Waals surface area contributed by atoms with E-state index >= 15 is 0 Å². The van der Waals surface area contributed by atoms with Crippen molar-refractivity contribution in [2.45, 2.75) is 6.92 Å². The summed E-state index contributed by atoms with van der Waals surface area (Å²) in [6.07, 6.45) is 1.72. The molecule has 1 N–H and O–H groups in total. The van der Waals surface area contributed by atoms with E-state index in [1.165, 1.54) is 0 Å². The van der Waals surface area contributed by atoms with E-state index < -0.39 is 0 Å². The number of halogens is 1. The Balaban J connectivity index is 1.71. The molecule has 0 aliphatic carbocycles. The molecule has 120 valence electrons. The van der Waals surface area contributed by atoms with Gasteiger partial charge in [0.25, 0.3) is 0 Å². The van der Waals surface area contributed by atoms with E-state index in [2.05, 4.69) is 20.2 Å². The van der Waals surface area contributed by atoms with Gasteiger partial charge in [-0.1, -0.05) is 23.7 Å². The van der Waals surface area contributed by atoms with E-state index in [-0.39, 0.29) is 5.91 Å². The van der Waals surface area contributed by atoms with Crippen molar-refractivity contribution >= 4 is 35.0 Å². The molecule has 7 heteroatoms. The van der Waals surface area contributed by atoms with Gasteiger partial charge in [-0.15, -0.1) is 0 Å². The highest BCUT2D eigenvalue weighted by atomic mass is 35.5. The third-order valence-electron chi connectivity index (χ3n) is 3.81. The van der Waals surface area contributed by atoms with Crippen LogP contribution in [0.1, 0.15) is 6.92 Å². The monoisotopic (exact) mass is 331 g/mol.